The highest BCUT2D eigenvalue weighted by atomic mass is 15.3. The highest BCUT2D eigenvalue weighted by Gasteiger charge is 2.24. The van der Waals surface area contributed by atoms with Gasteiger partial charge in [-0.25, -0.2) is 15.8 Å². The van der Waals surface area contributed by atoms with E-state index in [1.54, 1.807) is 6.33 Å². The van der Waals surface area contributed by atoms with Crippen LogP contribution in [0.4, 0.5) is 11.6 Å². The monoisotopic (exact) mass is 250 g/mol. The van der Waals surface area contributed by atoms with Crippen LogP contribution in [0, 0.1) is 0 Å². The molecular formula is C12H22N6. The quantitative estimate of drug-likeness (QED) is 0.600. The first-order valence-electron chi connectivity index (χ1n) is 6.43. The average molecular weight is 250 g/mol. The summed E-state index contributed by atoms with van der Waals surface area (Å²) < 4.78 is 0. The second-order valence-corrected chi connectivity index (χ2v) is 4.80. The molecule has 2 heterocycles. The van der Waals surface area contributed by atoms with Gasteiger partial charge in [-0.05, 0) is 20.4 Å². The highest BCUT2D eigenvalue weighted by molar-refractivity contribution is 5.58. The smallest absolute Gasteiger partial charge is 0.148 e. The molecule has 0 aromatic carbocycles. The van der Waals surface area contributed by atoms with Gasteiger partial charge in [-0.3, -0.25) is 0 Å². The van der Waals surface area contributed by atoms with Gasteiger partial charge in [0.1, 0.15) is 18.0 Å². The van der Waals surface area contributed by atoms with Crippen LogP contribution >= 0.6 is 0 Å². The van der Waals surface area contributed by atoms with Crippen LogP contribution in [0.2, 0.25) is 0 Å². The van der Waals surface area contributed by atoms with Crippen molar-refractivity contribution in [2.45, 2.75) is 26.3 Å². The average Bonchev–Trinajstić information content (AvgIpc) is 2.40. The predicted molar refractivity (Wildman–Crippen MR) is 73.5 cm³/mol. The van der Waals surface area contributed by atoms with Crippen molar-refractivity contribution in [3.8, 4) is 0 Å². The Morgan fingerprint density at radius 3 is 2.83 bits per heavy atom. The Morgan fingerprint density at radius 1 is 1.44 bits per heavy atom. The lowest BCUT2D eigenvalue weighted by atomic mass is 10.1. The summed E-state index contributed by atoms with van der Waals surface area (Å²) in [5.41, 5.74) is 3.75. The first-order valence-corrected chi connectivity index (χ1v) is 6.43. The lowest BCUT2D eigenvalue weighted by Gasteiger charge is -2.39. The Balaban J connectivity index is 2.28. The normalized spacial score (nSPS) is 21.1. The zero-order chi connectivity index (χ0) is 13.1. The van der Waals surface area contributed by atoms with Crippen molar-refractivity contribution in [1.82, 2.24) is 14.9 Å². The molecular weight excluding hydrogens is 228 g/mol. The van der Waals surface area contributed by atoms with Crippen LogP contribution in [0.5, 0.6) is 0 Å². The zero-order valence-electron chi connectivity index (χ0n) is 11.3. The fraction of sp³-hybridized carbons (Fsp3) is 0.667. The zero-order valence-corrected chi connectivity index (χ0v) is 11.3. The predicted octanol–water partition coefficient (Wildman–Crippen LogP) is 0.465. The Morgan fingerprint density at radius 2 is 2.22 bits per heavy atom. The van der Waals surface area contributed by atoms with Gasteiger partial charge in [-0.15, -0.1) is 0 Å². The first kappa shape index (κ1) is 13.0. The second-order valence-electron chi connectivity index (χ2n) is 4.80. The van der Waals surface area contributed by atoms with Crippen molar-refractivity contribution >= 4 is 11.6 Å². The summed E-state index contributed by atoms with van der Waals surface area (Å²) in [6, 6.07) is 0.535. The van der Waals surface area contributed by atoms with E-state index in [-0.39, 0.29) is 0 Å². The van der Waals surface area contributed by atoms with E-state index in [2.05, 4.69) is 46.1 Å². The fourth-order valence-electron chi connectivity index (χ4n) is 2.37. The van der Waals surface area contributed by atoms with Gasteiger partial charge in [0.25, 0.3) is 0 Å². The van der Waals surface area contributed by atoms with Gasteiger partial charge in [0, 0.05) is 31.2 Å². The van der Waals surface area contributed by atoms with Gasteiger partial charge < -0.3 is 15.2 Å². The summed E-state index contributed by atoms with van der Waals surface area (Å²) in [5, 5.41) is 0. The number of likely N-dealkylation sites (N-methyl/N-ethyl adjacent to an activating group) is 1. The maximum atomic E-state index is 5.51. The van der Waals surface area contributed by atoms with Crippen molar-refractivity contribution < 1.29 is 0 Å². The minimum atomic E-state index is 0.535. The maximum absolute atomic E-state index is 5.51. The Hall–Kier alpha value is -1.40. The van der Waals surface area contributed by atoms with Crippen LogP contribution in [0.15, 0.2) is 6.33 Å². The lowest BCUT2D eigenvalue weighted by Crippen LogP contribution is -2.50. The molecule has 1 aromatic rings. The van der Waals surface area contributed by atoms with E-state index >= 15 is 0 Å². The minimum Gasteiger partial charge on any atom is -0.353 e. The number of piperazine rings is 1. The standard InChI is InChI=1S/C12H22N6/c1-4-10-11(16-13)14-8-15-12(10)18-6-5-17(3)9(2)7-18/h8-9H,4-7,13H2,1-3H3,(H,14,15,16). The Bertz CT molecular complexity index is 408. The molecule has 1 atom stereocenters. The summed E-state index contributed by atoms with van der Waals surface area (Å²) >= 11 is 0. The van der Waals surface area contributed by atoms with Crippen LogP contribution in [-0.2, 0) is 6.42 Å². The fourth-order valence-corrected chi connectivity index (χ4v) is 2.37. The van der Waals surface area contributed by atoms with E-state index in [0.717, 1.165) is 43.3 Å². The number of nitrogen functional groups attached to an aromatic ring is 1. The molecule has 1 aromatic heterocycles. The molecule has 1 unspecified atom stereocenters. The number of hydrogen-bond donors (Lipinski definition) is 2. The molecule has 0 spiro atoms. The maximum Gasteiger partial charge on any atom is 0.148 e. The van der Waals surface area contributed by atoms with Crippen molar-refractivity contribution in [1.29, 1.82) is 0 Å². The molecule has 3 N–H and O–H groups in total. The van der Waals surface area contributed by atoms with Crippen LogP contribution in [0.1, 0.15) is 19.4 Å². The van der Waals surface area contributed by atoms with Crippen molar-refractivity contribution in [3.05, 3.63) is 11.9 Å². The topological polar surface area (TPSA) is 70.3 Å². The molecule has 1 fully saturated rings. The van der Waals surface area contributed by atoms with Gasteiger partial charge in [0.05, 0.1) is 0 Å². The largest absolute Gasteiger partial charge is 0.353 e. The van der Waals surface area contributed by atoms with Crippen LogP contribution in [-0.4, -0.2) is 47.6 Å². The molecule has 0 radical (unpaired) electrons. The Labute approximate surface area is 108 Å². The molecule has 1 aliphatic rings. The molecule has 0 amide bonds. The third-order valence-corrected chi connectivity index (χ3v) is 3.67. The van der Waals surface area contributed by atoms with Gasteiger partial charge in [-0.1, -0.05) is 6.92 Å². The third kappa shape index (κ3) is 2.39. The molecule has 6 nitrogen and oxygen atoms in total. The minimum absolute atomic E-state index is 0.535. The number of nitrogens with two attached hydrogens (primary N) is 1. The Kier molecular flexibility index (Phi) is 3.98. The van der Waals surface area contributed by atoms with Crippen LogP contribution in [0.25, 0.3) is 0 Å². The van der Waals surface area contributed by atoms with Crippen LogP contribution < -0.4 is 16.2 Å². The second kappa shape index (κ2) is 5.49. The van der Waals surface area contributed by atoms with E-state index < -0.39 is 0 Å². The summed E-state index contributed by atoms with van der Waals surface area (Å²) in [4.78, 5) is 13.3. The number of nitrogens with one attached hydrogen (secondary N) is 1. The molecule has 1 saturated heterocycles. The molecule has 2 rings (SSSR count). The molecule has 0 bridgehead atoms. The summed E-state index contributed by atoms with van der Waals surface area (Å²) in [7, 11) is 2.16. The first-order chi connectivity index (χ1) is 8.67. The van der Waals surface area contributed by atoms with E-state index in [1.165, 1.54) is 0 Å². The lowest BCUT2D eigenvalue weighted by molar-refractivity contribution is 0.233. The van der Waals surface area contributed by atoms with Crippen molar-refractivity contribution in [3.63, 3.8) is 0 Å². The van der Waals surface area contributed by atoms with E-state index in [4.69, 9.17) is 5.84 Å². The number of hydrazine groups is 1. The molecule has 18 heavy (non-hydrogen) atoms. The molecule has 0 aliphatic carbocycles. The van der Waals surface area contributed by atoms with E-state index in [9.17, 15) is 0 Å². The number of nitrogens with zero attached hydrogens (tertiary/aromatic N) is 4. The number of anilines is 2. The van der Waals surface area contributed by atoms with Crippen molar-refractivity contribution in [2.24, 2.45) is 5.84 Å². The van der Waals surface area contributed by atoms with E-state index in [0.29, 0.717) is 6.04 Å². The third-order valence-electron chi connectivity index (χ3n) is 3.67. The number of hydrogen-bond acceptors (Lipinski definition) is 6. The van der Waals surface area contributed by atoms with Crippen LogP contribution in [0.3, 0.4) is 0 Å². The van der Waals surface area contributed by atoms with Gasteiger partial charge >= 0.3 is 0 Å². The molecule has 100 valence electrons. The summed E-state index contributed by atoms with van der Waals surface area (Å²) in [6.07, 6.45) is 2.45. The highest BCUT2D eigenvalue weighted by Crippen LogP contribution is 2.25. The van der Waals surface area contributed by atoms with Gasteiger partial charge in [-0.2, -0.15) is 0 Å². The SMILES string of the molecule is CCc1c(NN)ncnc1N1CCN(C)C(C)C1. The molecule has 6 heteroatoms. The van der Waals surface area contributed by atoms with Gasteiger partial charge in [0.15, 0.2) is 0 Å². The van der Waals surface area contributed by atoms with Crippen molar-refractivity contribution in [2.75, 3.05) is 37.0 Å². The number of aromatic nitrogens is 2. The number of rotatable bonds is 3. The van der Waals surface area contributed by atoms with E-state index in [1.807, 2.05) is 0 Å². The molecule has 1 aliphatic heterocycles. The summed E-state index contributed by atoms with van der Waals surface area (Å²) in [5.74, 6) is 7.25. The van der Waals surface area contributed by atoms with Gasteiger partial charge in [0.2, 0.25) is 0 Å². The molecule has 0 saturated carbocycles. The summed E-state index contributed by atoms with van der Waals surface area (Å²) in [6.45, 7) is 7.38.